The van der Waals surface area contributed by atoms with Crippen LogP contribution in [0.25, 0.3) is 0 Å². The maximum Gasteiger partial charge on any atom is 0.326 e. The minimum absolute atomic E-state index is 0.200. The molecule has 2 N–H and O–H groups in total. The molecular formula is C14H19ClN2O4. The second-order valence-corrected chi connectivity index (χ2v) is 4.86. The van der Waals surface area contributed by atoms with Crippen molar-refractivity contribution in [3.05, 3.63) is 22.8 Å². The van der Waals surface area contributed by atoms with Crippen molar-refractivity contribution in [2.75, 3.05) is 6.61 Å². The summed E-state index contributed by atoms with van der Waals surface area (Å²) in [4.78, 5) is 27.1. The zero-order chi connectivity index (χ0) is 15.8. The predicted octanol–water partition coefficient (Wildman–Crippen LogP) is 2.51. The molecule has 116 valence electrons. The van der Waals surface area contributed by atoms with Gasteiger partial charge in [-0.15, -0.1) is 0 Å². The minimum Gasteiger partial charge on any atom is -0.480 e. The fourth-order valence-corrected chi connectivity index (χ4v) is 1.92. The Morgan fingerprint density at radius 3 is 2.71 bits per heavy atom. The third-order valence-electron chi connectivity index (χ3n) is 2.80. The molecule has 0 radical (unpaired) electrons. The van der Waals surface area contributed by atoms with Gasteiger partial charge in [0.15, 0.2) is 0 Å². The van der Waals surface area contributed by atoms with Gasteiger partial charge in [0.05, 0.1) is 12.2 Å². The van der Waals surface area contributed by atoms with Crippen molar-refractivity contribution in [1.82, 2.24) is 10.3 Å². The Morgan fingerprint density at radius 2 is 2.19 bits per heavy atom. The molecule has 0 saturated heterocycles. The van der Waals surface area contributed by atoms with Crippen LogP contribution in [-0.2, 0) is 4.79 Å². The van der Waals surface area contributed by atoms with Crippen LogP contribution in [-0.4, -0.2) is 34.6 Å². The van der Waals surface area contributed by atoms with E-state index in [1.54, 1.807) is 6.92 Å². The monoisotopic (exact) mass is 314 g/mol. The summed E-state index contributed by atoms with van der Waals surface area (Å²) in [5, 5.41) is 11.8. The topological polar surface area (TPSA) is 88.5 Å². The van der Waals surface area contributed by atoms with Crippen LogP contribution in [0.1, 0.15) is 43.5 Å². The van der Waals surface area contributed by atoms with Crippen molar-refractivity contribution < 1.29 is 19.4 Å². The Kier molecular flexibility index (Phi) is 6.94. The molecule has 6 nitrogen and oxygen atoms in total. The van der Waals surface area contributed by atoms with Crippen molar-refractivity contribution in [2.24, 2.45) is 0 Å². The zero-order valence-electron chi connectivity index (χ0n) is 12.1. The largest absolute Gasteiger partial charge is 0.480 e. The quantitative estimate of drug-likeness (QED) is 0.769. The number of ether oxygens (including phenoxy) is 1. The van der Waals surface area contributed by atoms with Crippen LogP contribution in [0.3, 0.4) is 0 Å². The average Bonchev–Trinajstić information content (AvgIpc) is 2.45. The standard InChI is InChI=1S/C14H19ClN2O4/c1-3-5-6-11(14(19)20)17-12(18)9-7-10(15)13(16-8-9)21-4-2/h7-8,11H,3-6H2,1-2H3,(H,17,18)(H,19,20)/t11-/m0/s1. The maximum atomic E-state index is 12.0. The number of hydrogen-bond donors (Lipinski definition) is 2. The number of hydrogen-bond acceptors (Lipinski definition) is 4. The molecule has 1 rings (SSSR count). The first-order chi connectivity index (χ1) is 9.99. The highest BCUT2D eigenvalue weighted by Crippen LogP contribution is 2.22. The number of aromatic nitrogens is 1. The maximum absolute atomic E-state index is 12.0. The lowest BCUT2D eigenvalue weighted by Crippen LogP contribution is -2.40. The van der Waals surface area contributed by atoms with Crippen LogP contribution >= 0.6 is 11.6 Å². The van der Waals surface area contributed by atoms with Crippen molar-refractivity contribution in [1.29, 1.82) is 0 Å². The molecule has 0 bridgehead atoms. The van der Waals surface area contributed by atoms with Crippen LogP contribution in [0.5, 0.6) is 5.88 Å². The van der Waals surface area contributed by atoms with Crippen LogP contribution < -0.4 is 10.1 Å². The number of aliphatic carboxylic acids is 1. The molecule has 0 aliphatic carbocycles. The molecule has 21 heavy (non-hydrogen) atoms. The first kappa shape index (κ1) is 17.2. The highest BCUT2D eigenvalue weighted by Gasteiger charge is 2.20. The van der Waals surface area contributed by atoms with Gasteiger partial charge in [-0.1, -0.05) is 31.4 Å². The van der Waals surface area contributed by atoms with Gasteiger partial charge in [-0.3, -0.25) is 4.79 Å². The average molecular weight is 315 g/mol. The normalized spacial score (nSPS) is 11.8. The van der Waals surface area contributed by atoms with E-state index >= 15 is 0 Å². The Labute approximate surface area is 128 Å². The van der Waals surface area contributed by atoms with Gasteiger partial charge in [0.2, 0.25) is 5.88 Å². The summed E-state index contributed by atoms with van der Waals surface area (Å²) in [5.74, 6) is -1.32. The van der Waals surface area contributed by atoms with E-state index in [0.29, 0.717) is 13.0 Å². The van der Waals surface area contributed by atoms with E-state index in [0.717, 1.165) is 12.8 Å². The molecule has 0 aliphatic rings. The fraction of sp³-hybridized carbons (Fsp3) is 0.500. The first-order valence-electron chi connectivity index (χ1n) is 6.81. The van der Waals surface area contributed by atoms with Crippen LogP contribution in [0.4, 0.5) is 0 Å². The molecule has 0 fully saturated rings. The SMILES string of the molecule is CCCC[C@H](NC(=O)c1cnc(OCC)c(Cl)c1)C(=O)O. The zero-order valence-corrected chi connectivity index (χ0v) is 12.8. The van der Waals surface area contributed by atoms with Gasteiger partial charge in [0.25, 0.3) is 5.91 Å². The number of halogens is 1. The molecule has 7 heteroatoms. The van der Waals surface area contributed by atoms with Gasteiger partial charge < -0.3 is 15.2 Å². The number of rotatable bonds is 8. The summed E-state index contributed by atoms with van der Waals surface area (Å²) < 4.78 is 5.17. The van der Waals surface area contributed by atoms with Crippen LogP contribution in [0, 0.1) is 0 Å². The van der Waals surface area contributed by atoms with Crippen molar-refractivity contribution in [3.63, 3.8) is 0 Å². The number of carboxylic acid groups (broad SMARTS) is 1. The van der Waals surface area contributed by atoms with Crippen LogP contribution in [0.2, 0.25) is 5.02 Å². The number of unbranched alkanes of at least 4 members (excludes halogenated alkanes) is 1. The fourth-order valence-electron chi connectivity index (χ4n) is 1.70. The summed E-state index contributed by atoms with van der Waals surface area (Å²) in [7, 11) is 0. The third kappa shape index (κ3) is 5.23. The number of carboxylic acids is 1. The van der Waals surface area contributed by atoms with E-state index in [1.807, 2.05) is 6.92 Å². The summed E-state index contributed by atoms with van der Waals surface area (Å²) in [6.07, 6.45) is 3.27. The van der Waals surface area contributed by atoms with Gasteiger partial charge in [0, 0.05) is 6.20 Å². The molecule has 0 aromatic carbocycles. The van der Waals surface area contributed by atoms with E-state index in [-0.39, 0.29) is 16.5 Å². The highest BCUT2D eigenvalue weighted by atomic mass is 35.5. The molecular weight excluding hydrogens is 296 g/mol. The minimum atomic E-state index is -1.05. The smallest absolute Gasteiger partial charge is 0.326 e. The Morgan fingerprint density at radius 1 is 1.48 bits per heavy atom. The number of carbonyl (C=O) groups excluding carboxylic acids is 1. The predicted molar refractivity (Wildman–Crippen MR) is 78.8 cm³/mol. The van der Waals surface area contributed by atoms with E-state index < -0.39 is 17.9 Å². The molecule has 1 amide bonds. The number of nitrogens with zero attached hydrogens (tertiary/aromatic N) is 1. The molecule has 0 aliphatic heterocycles. The summed E-state index contributed by atoms with van der Waals surface area (Å²) >= 11 is 5.95. The van der Waals surface area contributed by atoms with Gasteiger partial charge in [-0.05, 0) is 19.4 Å². The second-order valence-electron chi connectivity index (χ2n) is 4.45. The summed E-state index contributed by atoms with van der Waals surface area (Å²) in [5.41, 5.74) is 0.200. The van der Waals surface area contributed by atoms with E-state index in [4.69, 9.17) is 21.4 Å². The lowest BCUT2D eigenvalue weighted by molar-refractivity contribution is -0.139. The molecule has 1 heterocycles. The number of pyridine rings is 1. The molecule has 1 atom stereocenters. The van der Waals surface area contributed by atoms with Gasteiger partial charge in [0.1, 0.15) is 11.1 Å². The lowest BCUT2D eigenvalue weighted by atomic mass is 10.1. The van der Waals surface area contributed by atoms with Crippen molar-refractivity contribution in [3.8, 4) is 5.88 Å². The van der Waals surface area contributed by atoms with Gasteiger partial charge in [-0.2, -0.15) is 0 Å². The highest BCUT2D eigenvalue weighted by molar-refractivity contribution is 6.32. The van der Waals surface area contributed by atoms with E-state index in [2.05, 4.69) is 10.3 Å². The molecule has 0 spiro atoms. The molecule has 0 saturated carbocycles. The summed E-state index contributed by atoms with van der Waals surface area (Å²) in [6.45, 7) is 4.16. The lowest BCUT2D eigenvalue weighted by Gasteiger charge is -2.14. The molecule has 1 aromatic heterocycles. The number of amides is 1. The Balaban J connectivity index is 2.78. The van der Waals surface area contributed by atoms with Gasteiger partial charge in [-0.25, -0.2) is 9.78 Å². The van der Waals surface area contributed by atoms with Crippen molar-refractivity contribution >= 4 is 23.5 Å². The first-order valence-corrected chi connectivity index (χ1v) is 7.19. The van der Waals surface area contributed by atoms with Gasteiger partial charge >= 0.3 is 5.97 Å². The molecule has 1 aromatic rings. The third-order valence-corrected chi connectivity index (χ3v) is 3.07. The second kappa shape index (κ2) is 8.46. The van der Waals surface area contributed by atoms with Crippen LogP contribution in [0.15, 0.2) is 12.3 Å². The molecule has 0 unspecified atom stereocenters. The number of nitrogens with one attached hydrogen (secondary N) is 1. The Bertz CT molecular complexity index is 508. The van der Waals surface area contributed by atoms with E-state index in [9.17, 15) is 9.59 Å². The van der Waals surface area contributed by atoms with Crippen molar-refractivity contribution in [2.45, 2.75) is 39.2 Å². The number of carbonyl (C=O) groups is 2. The Hall–Kier alpha value is -1.82. The summed E-state index contributed by atoms with van der Waals surface area (Å²) in [6, 6.07) is 0.496. The van der Waals surface area contributed by atoms with E-state index in [1.165, 1.54) is 12.3 Å².